The molecule has 90 valence electrons. The van der Waals surface area contributed by atoms with Crippen LogP contribution in [0.1, 0.15) is 23.1 Å². The third kappa shape index (κ3) is 2.73. The van der Waals surface area contributed by atoms with Gasteiger partial charge >= 0.3 is 0 Å². The van der Waals surface area contributed by atoms with E-state index in [0.29, 0.717) is 6.42 Å². The number of aryl methyl sites for hydroxylation is 2. The summed E-state index contributed by atoms with van der Waals surface area (Å²) in [5.74, 6) is 0. The van der Waals surface area contributed by atoms with E-state index in [4.69, 9.17) is 5.11 Å². The Bertz CT molecular complexity index is 487. The van der Waals surface area contributed by atoms with Crippen LogP contribution < -0.4 is 0 Å². The van der Waals surface area contributed by atoms with Crippen LogP contribution in [0.5, 0.6) is 0 Å². The fraction of sp³-hybridized carbons (Fsp3) is 0.357. The van der Waals surface area contributed by atoms with Crippen LogP contribution in [-0.2, 0) is 12.8 Å². The summed E-state index contributed by atoms with van der Waals surface area (Å²) in [5.41, 5.74) is 3.53. The van der Waals surface area contributed by atoms with Gasteiger partial charge in [0.1, 0.15) is 5.01 Å². The molecule has 1 aromatic carbocycles. The third-order valence-electron chi connectivity index (χ3n) is 2.85. The Kier molecular flexibility index (Phi) is 3.92. The van der Waals surface area contributed by atoms with Crippen LogP contribution in [0.15, 0.2) is 24.3 Å². The van der Waals surface area contributed by atoms with E-state index in [1.807, 2.05) is 0 Å². The van der Waals surface area contributed by atoms with E-state index >= 15 is 0 Å². The summed E-state index contributed by atoms with van der Waals surface area (Å²) < 4.78 is 0. The molecule has 0 aliphatic heterocycles. The number of benzene rings is 1. The van der Waals surface area contributed by atoms with E-state index in [-0.39, 0.29) is 6.61 Å². The average Bonchev–Trinajstić information content (AvgIpc) is 2.72. The van der Waals surface area contributed by atoms with Crippen molar-refractivity contribution >= 4 is 11.3 Å². The topological polar surface area (TPSA) is 33.1 Å². The summed E-state index contributed by atoms with van der Waals surface area (Å²) in [4.78, 5) is 5.79. The first-order valence-electron chi connectivity index (χ1n) is 5.91. The number of aliphatic hydroxyl groups is 1. The van der Waals surface area contributed by atoms with Crippen LogP contribution in [0.3, 0.4) is 0 Å². The van der Waals surface area contributed by atoms with Crippen molar-refractivity contribution in [3.05, 3.63) is 40.4 Å². The van der Waals surface area contributed by atoms with E-state index in [2.05, 4.69) is 43.1 Å². The third-order valence-corrected chi connectivity index (χ3v) is 3.91. The smallest absolute Gasteiger partial charge is 0.123 e. The minimum atomic E-state index is 0.165. The summed E-state index contributed by atoms with van der Waals surface area (Å²) in [5, 5.41) is 10.0. The fourth-order valence-corrected chi connectivity index (χ4v) is 2.74. The molecule has 0 saturated heterocycles. The van der Waals surface area contributed by atoms with Crippen molar-refractivity contribution in [1.82, 2.24) is 4.98 Å². The summed E-state index contributed by atoms with van der Waals surface area (Å²) in [6.07, 6.45) is 1.71. The van der Waals surface area contributed by atoms with Gasteiger partial charge in [0.05, 0.1) is 5.69 Å². The van der Waals surface area contributed by atoms with E-state index in [0.717, 1.165) is 17.1 Å². The maximum absolute atomic E-state index is 8.96. The molecule has 0 fully saturated rings. The molecule has 0 radical (unpaired) electrons. The van der Waals surface area contributed by atoms with Gasteiger partial charge in [0.2, 0.25) is 0 Å². The number of nitrogens with zero attached hydrogens (tertiary/aromatic N) is 1. The summed E-state index contributed by atoms with van der Waals surface area (Å²) in [6, 6.07) is 8.55. The Hall–Kier alpha value is -1.19. The maximum atomic E-state index is 8.96. The van der Waals surface area contributed by atoms with Crippen LogP contribution in [0, 0.1) is 6.92 Å². The van der Waals surface area contributed by atoms with E-state index in [9.17, 15) is 0 Å². The Morgan fingerprint density at radius 3 is 2.53 bits per heavy atom. The molecule has 2 aromatic rings. The lowest BCUT2D eigenvalue weighted by molar-refractivity contribution is 0.298. The Morgan fingerprint density at radius 2 is 1.94 bits per heavy atom. The second-order valence-corrected chi connectivity index (χ2v) is 5.25. The fourth-order valence-electron chi connectivity index (χ4n) is 1.77. The van der Waals surface area contributed by atoms with Crippen LogP contribution in [0.4, 0.5) is 0 Å². The summed E-state index contributed by atoms with van der Waals surface area (Å²) in [7, 11) is 0. The zero-order chi connectivity index (χ0) is 12.3. The van der Waals surface area contributed by atoms with Crippen molar-refractivity contribution in [3.8, 4) is 10.6 Å². The molecular weight excluding hydrogens is 230 g/mol. The Labute approximate surface area is 106 Å². The highest BCUT2D eigenvalue weighted by Crippen LogP contribution is 2.28. The highest BCUT2D eigenvalue weighted by Gasteiger charge is 2.08. The molecule has 0 amide bonds. The summed E-state index contributed by atoms with van der Waals surface area (Å²) in [6.45, 7) is 4.38. The number of thiazole rings is 1. The Morgan fingerprint density at radius 1 is 1.24 bits per heavy atom. The molecule has 2 nitrogen and oxygen atoms in total. The maximum Gasteiger partial charge on any atom is 0.123 e. The zero-order valence-electron chi connectivity index (χ0n) is 10.2. The highest BCUT2D eigenvalue weighted by atomic mass is 32.1. The van der Waals surface area contributed by atoms with Crippen molar-refractivity contribution in [2.75, 3.05) is 6.61 Å². The monoisotopic (exact) mass is 247 g/mol. The SMILES string of the molecule is CCc1ccc(-c2nc(CCO)c(C)s2)cc1. The van der Waals surface area contributed by atoms with Gasteiger partial charge in [-0.05, 0) is 18.9 Å². The van der Waals surface area contributed by atoms with Crippen molar-refractivity contribution in [3.63, 3.8) is 0 Å². The molecule has 17 heavy (non-hydrogen) atoms. The first kappa shape index (κ1) is 12.3. The van der Waals surface area contributed by atoms with Gasteiger partial charge in [-0.1, -0.05) is 31.2 Å². The zero-order valence-corrected chi connectivity index (χ0v) is 11.0. The second-order valence-electron chi connectivity index (χ2n) is 4.05. The van der Waals surface area contributed by atoms with E-state index < -0.39 is 0 Å². The summed E-state index contributed by atoms with van der Waals surface area (Å²) >= 11 is 1.70. The molecule has 2 rings (SSSR count). The van der Waals surface area contributed by atoms with Crippen molar-refractivity contribution in [2.45, 2.75) is 26.7 Å². The van der Waals surface area contributed by atoms with Gasteiger partial charge in [0, 0.05) is 23.5 Å². The van der Waals surface area contributed by atoms with Gasteiger partial charge in [-0.3, -0.25) is 0 Å². The molecule has 0 aliphatic rings. The van der Waals surface area contributed by atoms with Gasteiger partial charge in [-0.25, -0.2) is 4.98 Å². The van der Waals surface area contributed by atoms with Crippen molar-refractivity contribution in [2.24, 2.45) is 0 Å². The van der Waals surface area contributed by atoms with Crippen LogP contribution >= 0.6 is 11.3 Å². The number of aromatic nitrogens is 1. The predicted molar refractivity (Wildman–Crippen MR) is 72.5 cm³/mol. The van der Waals surface area contributed by atoms with Gasteiger partial charge in [0.15, 0.2) is 0 Å². The molecule has 3 heteroatoms. The molecule has 1 N–H and O–H groups in total. The quantitative estimate of drug-likeness (QED) is 0.900. The largest absolute Gasteiger partial charge is 0.396 e. The lowest BCUT2D eigenvalue weighted by Gasteiger charge is -1.98. The van der Waals surface area contributed by atoms with Crippen molar-refractivity contribution in [1.29, 1.82) is 0 Å². The van der Waals surface area contributed by atoms with Crippen LogP contribution in [0.2, 0.25) is 0 Å². The molecule has 0 spiro atoms. The molecule has 1 heterocycles. The number of hydrogen-bond acceptors (Lipinski definition) is 3. The van der Waals surface area contributed by atoms with Gasteiger partial charge < -0.3 is 5.11 Å². The number of hydrogen-bond donors (Lipinski definition) is 1. The molecule has 1 aromatic heterocycles. The van der Waals surface area contributed by atoms with Crippen LogP contribution in [0.25, 0.3) is 10.6 Å². The van der Waals surface area contributed by atoms with Crippen LogP contribution in [-0.4, -0.2) is 16.7 Å². The minimum Gasteiger partial charge on any atom is -0.396 e. The normalized spacial score (nSPS) is 10.8. The standard InChI is InChI=1S/C14H17NOS/c1-3-11-4-6-12(7-5-11)14-15-13(8-9-16)10(2)17-14/h4-7,16H,3,8-9H2,1-2H3. The molecule has 0 saturated carbocycles. The van der Waals surface area contributed by atoms with Gasteiger partial charge in [-0.2, -0.15) is 0 Å². The first-order valence-corrected chi connectivity index (χ1v) is 6.72. The minimum absolute atomic E-state index is 0.165. The lowest BCUT2D eigenvalue weighted by atomic mass is 10.1. The lowest BCUT2D eigenvalue weighted by Crippen LogP contribution is -1.92. The highest BCUT2D eigenvalue weighted by molar-refractivity contribution is 7.15. The molecule has 0 bridgehead atoms. The van der Waals surface area contributed by atoms with E-state index in [1.54, 1.807) is 11.3 Å². The number of aliphatic hydroxyl groups excluding tert-OH is 1. The molecule has 0 aliphatic carbocycles. The molecule has 0 unspecified atom stereocenters. The average molecular weight is 247 g/mol. The predicted octanol–water partition coefficient (Wildman–Crippen LogP) is 3.22. The number of rotatable bonds is 4. The first-order chi connectivity index (χ1) is 8.24. The van der Waals surface area contributed by atoms with Gasteiger partial charge in [-0.15, -0.1) is 11.3 Å². The Balaban J connectivity index is 2.29. The second kappa shape index (κ2) is 5.43. The molecular formula is C14H17NOS. The van der Waals surface area contributed by atoms with Gasteiger partial charge in [0.25, 0.3) is 0 Å². The van der Waals surface area contributed by atoms with Crippen molar-refractivity contribution < 1.29 is 5.11 Å². The van der Waals surface area contributed by atoms with E-state index in [1.165, 1.54) is 16.0 Å². The molecule has 0 atom stereocenters.